The summed E-state index contributed by atoms with van der Waals surface area (Å²) in [6.07, 6.45) is 11.0. The molecular weight excluding hydrogens is 325 g/mol. The number of rotatable bonds is 12. The predicted octanol–water partition coefficient (Wildman–Crippen LogP) is 5.15. The van der Waals surface area contributed by atoms with Crippen LogP contribution in [0.25, 0.3) is 0 Å². The van der Waals surface area contributed by atoms with Crippen molar-refractivity contribution in [3.8, 4) is 0 Å². The topological polar surface area (TPSA) is 12.0 Å². The minimum absolute atomic E-state index is 1.06. The quantitative estimate of drug-likeness (QED) is 0.475. The normalized spacial score (nSPS) is 12.4. The van der Waals surface area contributed by atoms with Crippen molar-refractivity contribution in [3.05, 3.63) is 10.2 Å². The molecule has 0 aromatic rings. The maximum atomic E-state index is 3.26. The molecule has 0 aromatic heterocycles. The summed E-state index contributed by atoms with van der Waals surface area (Å²) in [7, 11) is 2.05. The molecule has 0 saturated heterocycles. The van der Waals surface area contributed by atoms with Gasteiger partial charge in [0, 0.05) is 0 Å². The molecule has 0 unspecified atom stereocenters. The Hall–Kier alpha value is 0.499. The van der Waals surface area contributed by atoms with Crippen LogP contribution in [0.1, 0.15) is 59.3 Å². The summed E-state index contributed by atoms with van der Waals surface area (Å²) in [6, 6.07) is 0. The van der Waals surface area contributed by atoms with Crippen molar-refractivity contribution in [1.82, 2.24) is 5.32 Å². The van der Waals surface area contributed by atoms with Crippen molar-refractivity contribution in [3.63, 3.8) is 0 Å². The van der Waals surface area contributed by atoms with Crippen molar-refractivity contribution in [2.75, 3.05) is 13.6 Å². The van der Waals surface area contributed by atoms with Gasteiger partial charge in [-0.15, -0.1) is 0 Å². The molecule has 0 heterocycles. The molecular formula is C16H35NSn. The van der Waals surface area contributed by atoms with Crippen molar-refractivity contribution in [1.29, 1.82) is 0 Å². The van der Waals surface area contributed by atoms with E-state index in [1.165, 1.54) is 38.5 Å². The Morgan fingerprint density at radius 1 is 0.833 bits per heavy atom. The fraction of sp³-hybridized carbons (Fsp3) is 0.875. The van der Waals surface area contributed by atoms with Crippen LogP contribution in [-0.2, 0) is 0 Å². The zero-order valence-corrected chi connectivity index (χ0v) is 16.1. The van der Waals surface area contributed by atoms with Gasteiger partial charge in [0.25, 0.3) is 0 Å². The molecule has 2 heteroatoms. The Labute approximate surface area is 120 Å². The Morgan fingerprint density at radius 2 is 1.28 bits per heavy atom. The molecule has 1 nitrogen and oxygen atoms in total. The van der Waals surface area contributed by atoms with Crippen LogP contribution in [0, 0.1) is 0 Å². The number of hydrogen-bond acceptors (Lipinski definition) is 1. The first-order valence-electron chi connectivity index (χ1n) is 8.07. The second kappa shape index (κ2) is 12.5. The van der Waals surface area contributed by atoms with E-state index in [4.69, 9.17) is 0 Å². The molecule has 108 valence electrons. The average Bonchev–Trinajstić information content (AvgIpc) is 2.40. The summed E-state index contributed by atoms with van der Waals surface area (Å²) in [6.45, 7) is 8.08. The predicted molar refractivity (Wildman–Crippen MR) is 88.0 cm³/mol. The molecule has 0 amide bonds. The first-order valence-corrected chi connectivity index (χ1v) is 15.8. The molecule has 1 N–H and O–H groups in total. The monoisotopic (exact) mass is 361 g/mol. The Morgan fingerprint density at radius 3 is 1.61 bits per heavy atom. The Balaban J connectivity index is 4.61. The van der Waals surface area contributed by atoms with Crippen molar-refractivity contribution >= 4 is 18.4 Å². The second-order valence-electron chi connectivity index (χ2n) is 5.63. The van der Waals surface area contributed by atoms with Gasteiger partial charge in [-0.25, -0.2) is 0 Å². The van der Waals surface area contributed by atoms with E-state index in [1.807, 2.05) is 7.05 Å². The third-order valence-corrected chi connectivity index (χ3v) is 18.1. The summed E-state index contributed by atoms with van der Waals surface area (Å²) in [5.41, 5.74) is 0. The fourth-order valence-corrected chi connectivity index (χ4v) is 17.0. The molecule has 0 aliphatic rings. The van der Waals surface area contributed by atoms with Crippen LogP contribution in [0.3, 0.4) is 0 Å². The average molecular weight is 360 g/mol. The fourth-order valence-electron chi connectivity index (χ4n) is 2.64. The molecule has 0 saturated carbocycles. The van der Waals surface area contributed by atoms with Crippen LogP contribution in [0.2, 0.25) is 13.3 Å². The molecule has 0 atom stereocenters. The third-order valence-electron chi connectivity index (χ3n) is 3.88. The molecule has 0 aliphatic carbocycles. The van der Waals surface area contributed by atoms with E-state index in [0.717, 1.165) is 6.54 Å². The summed E-state index contributed by atoms with van der Waals surface area (Å²) >= 11 is -1.94. The van der Waals surface area contributed by atoms with E-state index in [9.17, 15) is 0 Å². The number of likely N-dealkylation sites (N-methyl/N-ethyl adjacent to an activating group) is 1. The molecule has 18 heavy (non-hydrogen) atoms. The first-order chi connectivity index (χ1) is 8.74. The molecule has 0 rings (SSSR count). The number of hydrogen-bond donors (Lipinski definition) is 1. The molecule has 0 radical (unpaired) electrons. The Bertz CT molecular complexity index is 179. The zero-order valence-electron chi connectivity index (χ0n) is 13.2. The summed E-state index contributed by atoms with van der Waals surface area (Å²) in [4.78, 5) is 0. The molecule has 0 bridgehead atoms. The van der Waals surface area contributed by atoms with Gasteiger partial charge in [-0.05, 0) is 0 Å². The van der Waals surface area contributed by atoms with Gasteiger partial charge in [0.05, 0.1) is 0 Å². The first kappa shape index (κ1) is 18.5. The number of unbranched alkanes of at least 4 members (excludes halogenated alkanes) is 3. The van der Waals surface area contributed by atoms with Gasteiger partial charge in [0.15, 0.2) is 0 Å². The van der Waals surface area contributed by atoms with Gasteiger partial charge in [0.2, 0.25) is 0 Å². The van der Waals surface area contributed by atoms with Crippen LogP contribution >= 0.6 is 0 Å². The van der Waals surface area contributed by atoms with Crippen molar-refractivity contribution in [2.24, 2.45) is 0 Å². The molecule has 0 fully saturated rings. The van der Waals surface area contributed by atoms with E-state index < -0.39 is 18.4 Å². The van der Waals surface area contributed by atoms with E-state index in [0.29, 0.717) is 0 Å². The van der Waals surface area contributed by atoms with Gasteiger partial charge in [0.1, 0.15) is 0 Å². The van der Waals surface area contributed by atoms with Gasteiger partial charge in [-0.1, -0.05) is 0 Å². The van der Waals surface area contributed by atoms with E-state index in [2.05, 4.69) is 36.3 Å². The van der Waals surface area contributed by atoms with Crippen LogP contribution in [-0.4, -0.2) is 32.0 Å². The van der Waals surface area contributed by atoms with E-state index >= 15 is 0 Å². The minimum atomic E-state index is -1.94. The third kappa shape index (κ3) is 8.57. The zero-order chi connectivity index (χ0) is 13.7. The van der Waals surface area contributed by atoms with E-state index in [-0.39, 0.29) is 0 Å². The Kier molecular flexibility index (Phi) is 12.9. The van der Waals surface area contributed by atoms with E-state index in [1.54, 1.807) is 13.3 Å². The standard InChI is InChI=1S/C4H8N.3C4H9.Sn/c1-3-4-5-2;3*1-3-4-2;/h1,3,5H,4H2,2H3;3*1,3-4H2,2H3;. The van der Waals surface area contributed by atoms with Gasteiger partial charge < -0.3 is 0 Å². The van der Waals surface area contributed by atoms with Crippen molar-refractivity contribution in [2.45, 2.75) is 72.6 Å². The van der Waals surface area contributed by atoms with Gasteiger partial charge in [-0.3, -0.25) is 0 Å². The second-order valence-corrected chi connectivity index (χ2v) is 18.6. The molecule has 0 aromatic carbocycles. The van der Waals surface area contributed by atoms with Crippen LogP contribution < -0.4 is 5.32 Å². The summed E-state index contributed by atoms with van der Waals surface area (Å²) in [5, 5.41) is 3.26. The van der Waals surface area contributed by atoms with Crippen molar-refractivity contribution < 1.29 is 0 Å². The number of nitrogens with one attached hydrogen (secondary N) is 1. The van der Waals surface area contributed by atoms with Gasteiger partial charge in [-0.2, -0.15) is 0 Å². The summed E-state index contributed by atoms with van der Waals surface area (Å²) < 4.78 is 7.51. The van der Waals surface area contributed by atoms with Gasteiger partial charge >= 0.3 is 120 Å². The summed E-state index contributed by atoms with van der Waals surface area (Å²) in [5.74, 6) is 0. The van der Waals surface area contributed by atoms with Crippen LogP contribution in [0.15, 0.2) is 10.2 Å². The van der Waals surface area contributed by atoms with Crippen LogP contribution in [0.5, 0.6) is 0 Å². The molecule has 0 aliphatic heterocycles. The van der Waals surface area contributed by atoms with Crippen LogP contribution in [0.4, 0.5) is 0 Å². The SMILES string of the molecule is CCC[CH2][Sn](/[CH]=C/CNC)([CH2]CCC)[CH2]CCC. The maximum absolute atomic E-state index is 3.26. The molecule has 0 spiro atoms.